The Morgan fingerprint density at radius 3 is 2.27 bits per heavy atom. The van der Waals surface area contributed by atoms with Crippen molar-refractivity contribution in [2.24, 2.45) is 0 Å². The third kappa shape index (κ3) is 4.99. The van der Waals surface area contributed by atoms with Crippen LogP contribution in [-0.2, 0) is 26.2 Å². The van der Waals surface area contributed by atoms with E-state index in [2.05, 4.69) is 59.8 Å². The second-order valence-corrected chi connectivity index (χ2v) is 3.94. The van der Waals surface area contributed by atoms with Gasteiger partial charge in [-0.25, -0.2) is 0 Å². The van der Waals surface area contributed by atoms with Crippen molar-refractivity contribution in [3.8, 4) is 0 Å². The molecule has 0 amide bonds. The smallest absolute Gasteiger partial charge is 1.00 e. The SMILES string of the molecule is Cc1cc2c(I)cccc2[cH-]1.[Cl-].[Cl-].[Cl-].[Zr+4]. The molecule has 2 aromatic rings. The standard InChI is InChI=1S/C10H8I.3ClH.Zr/c1-7-5-8-3-2-4-10(11)9(8)6-7;;;;/h2-6H,1H3;3*1H;/q-1;;;;+4/p-3. The van der Waals surface area contributed by atoms with Gasteiger partial charge in [-0.3, -0.25) is 0 Å². The zero-order valence-corrected chi connectivity index (χ0v) is 14.8. The van der Waals surface area contributed by atoms with E-state index in [9.17, 15) is 0 Å². The van der Waals surface area contributed by atoms with Crippen LogP contribution in [0, 0.1) is 10.5 Å². The summed E-state index contributed by atoms with van der Waals surface area (Å²) in [6.45, 7) is 2.13. The van der Waals surface area contributed by atoms with Crippen molar-refractivity contribution in [1.29, 1.82) is 0 Å². The maximum atomic E-state index is 2.37. The quantitative estimate of drug-likeness (QED) is 0.276. The molecule has 0 aromatic heterocycles. The third-order valence-corrected chi connectivity index (χ3v) is 2.78. The maximum Gasteiger partial charge on any atom is 4.00 e. The molecule has 0 atom stereocenters. The van der Waals surface area contributed by atoms with Crippen LogP contribution in [0.25, 0.3) is 10.8 Å². The molecule has 0 fully saturated rings. The van der Waals surface area contributed by atoms with Crippen LogP contribution in [0.3, 0.4) is 0 Å². The summed E-state index contributed by atoms with van der Waals surface area (Å²) < 4.78 is 1.34. The van der Waals surface area contributed by atoms with Gasteiger partial charge in [0.1, 0.15) is 0 Å². The first-order valence-electron chi connectivity index (χ1n) is 3.59. The first-order chi connectivity index (χ1) is 5.27. The predicted molar refractivity (Wildman–Crippen MR) is 57.0 cm³/mol. The fourth-order valence-corrected chi connectivity index (χ4v) is 2.02. The fraction of sp³-hybridized carbons (Fsp3) is 0.100. The van der Waals surface area contributed by atoms with E-state index in [-0.39, 0.29) is 63.4 Å². The summed E-state index contributed by atoms with van der Waals surface area (Å²) in [6, 6.07) is 10.9. The van der Waals surface area contributed by atoms with E-state index in [0.717, 1.165) is 0 Å². The van der Waals surface area contributed by atoms with Gasteiger partial charge in [-0.1, -0.05) is 35.6 Å². The molecule has 15 heavy (non-hydrogen) atoms. The predicted octanol–water partition coefficient (Wildman–Crippen LogP) is -5.52. The van der Waals surface area contributed by atoms with Crippen LogP contribution < -0.4 is 37.2 Å². The summed E-state index contributed by atoms with van der Waals surface area (Å²) in [5.74, 6) is 0. The maximum absolute atomic E-state index is 2.37. The second kappa shape index (κ2) is 9.35. The van der Waals surface area contributed by atoms with Crippen LogP contribution >= 0.6 is 22.6 Å². The number of hydrogen-bond donors (Lipinski definition) is 0. The fourth-order valence-electron chi connectivity index (χ4n) is 1.35. The molecule has 0 unspecified atom stereocenters. The van der Waals surface area contributed by atoms with Gasteiger partial charge in [0.2, 0.25) is 0 Å². The molecule has 5 heteroatoms. The molecule has 0 aliphatic carbocycles. The van der Waals surface area contributed by atoms with Gasteiger partial charge in [0.15, 0.2) is 0 Å². The van der Waals surface area contributed by atoms with E-state index in [1.807, 2.05) is 0 Å². The summed E-state index contributed by atoms with van der Waals surface area (Å²) in [6.07, 6.45) is 0. The number of hydrogen-bond acceptors (Lipinski definition) is 0. The molecule has 2 aromatic carbocycles. The average molecular weight is 453 g/mol. The zero-order valence-electron chi connectivity index (χ0n) is 7.90. The van der Waals surface area contributed by atoms with Crippen molar-refractivity contribution >= 4 is 33.4 Å². The number of benzene rings is 1. The summed E-state index contributed by atoms with van der Waals surface area (Å²) >= 11 is 2.37. The Morgan fingerprint density at radius 1 is 1.13 bits per heavy atom. The summed E-state index contributed by atoms with van der Waals surface area (Å²) in [5, 5.41) is 2.74. The van der Waals surface area contributed by atoms with Gasteiger partial charge in [0.25, 0.3) is 0 Å². The van der Waals surface area contributed by atoms with Gasteiger partial charge < -0.3 is 37.2 Å². The first kappa shape index (κ1) is 21.6. The molecule has 0 bridgehead atoms. The van der Waals surface area contributed by atoms with Crippen molar-refractivity contribution < 1.29 is 63.4 Å². The molecule has 0 N–H and O–H groups in total. The monoisotopic (exact) mass is 450 g/mol. The molecular formula is C10H8Cl3IZr. The Bertz CT molecular complexity index is 400. The van der Waals surface area contributed by atoms with Crippen LogP contribution in [0.4, 0.5) is 0 Å². The van der Waals surface area contributed by atoms with Crippen LogP contribution in [-0.4, -0.2) is 0 Å². The van der Waals surface area contributed by atoms with Crippen LogP contribution in [0.15, 0.2) is 30.3 Å². The molecule has 0 aliphatic heterocycles. The average Bonchev–Trinajstić information content (AvgIpc) is 2.31. The van der Waals surface area contributed by atoms with Crippen LogP contribution in [0.1, 0.15) is 5.56 Å². The van der Waals surface area contributed by atoms with Crippen LogP contribution in [0.5, 0.6) is 0 Å². The van der Waals surface area contributed by atoms with E-state index in [1.54, 1.807) is 0 Å². The number of rotatable bonds is 0. The van der Waals surface area contributed by atoms with E-state index in [0.29, 0.717) is 0 Å². The number of fused-ring (bicyclic) bond motifs is 1. The van der Waals surface area contributed by atoms with Crippen molar-refractivity contribution in [3.63, 3.8) is 0 Å². The van der Waals surface area contributed by atoms with Gasteiger partial charge >= 0.3 is 26.2 Å². The van der Waals surface area contributed by atoms with Gasteiger partial charge in [-0.2, -0.15) is 6.07 Å². The number of aryl methyl sites for hydroxylation is 1. The third-order valence-electron chi connectivity index (χ3n) is 1.84. The Balaban J connectivity index is -0.000000360. The minimum Gasteiger partial charge on any atom is -1.00 e. The van der Waals surface area contributed by atoms with E-state index < -0.39 is 0 Å². The minimum atomic E-state index is 0. The van der Waals surface area contributed by atoms with Crippen molar-refractivity contribution in [3.05, 3.63) is 39.5 Å². The summed E-state index contributed by atoms with van der Waals surface area (Å²) in [7, 11) is 0. The van der Waals surface area contributed by atoms with Crippen molar-refractivity contribution in [2.45, 2.75) is 6.92 Å². The molecule has 0 saturated heterocycles. The van der Waals surface area contributed by atoms with Crippen LogP contribution in [0.2, 0.25) is 0 Å². The molecule has 0 spiro atoms. The Morgan fingerprint density at radius 2 is 1.73 bits per heavy atom. The molecule has 0 nitrogen and oxygen atoms in total. The van der Waals surface area contributed by atoms with E-state index >= 15 is 0 Å². The molecule has 80 valence electrons. The zero-order chi connectivity index (χ0) is 7.84. The topological polar surface area (TPSA) is 0 Å². The number of halogens is 4. The van der Waals surface area contributed by atoms with Gasteiger partial charge in [0, 0.05) is 0 Å². The van der Waals surface area contributed by atoms with Gasteiger partial charge in [-0.05, 0) is 3.57 Å². The Kier molecular flexibility index (Phi) is 13.5. The molecule has 2 rings (SSSR count). The van der Waals surface area contributed by atoms with E-state index in [1.165, 1.54) is 19.9 Å². The minimum absolute atomic E-state index is 0. The van der Waals surface area contributed by atoms with Gasteiger partial charge in [-0.15, -0.1) is 34.5 Å². The largest absolute Gasteiger partial charge is 4.00 e. The summed E-state index contributed by atoms with van der Waals surface area (Å²) in [4.78, 5) is 0. The molecule has 0 heterocycles. The second-order valence-electron chi connectivity index (χ2n) is 2.78. The summed E-state index contributed by atoms with van der Waals surface area (Å²) in [5.41, 5.74) is 1.35. The van der Waals surface area contributed by atoms with Gasteiger partial charge in [0.05, 0.1) is 0 Å². The normalized spacial score (nSPS) is 7.87. The Labute approximate surface area is 141 Å². The van der Waals surface area contributed by atoms with Crippen molar-refractivity contribution in [2.75, 3.05) is 0 Å². The van der Waals surface area contributed by atoms with Crippen molar-refractivity contribution in [1.82, 2.24) is 0 Å². The molecule has 0 saturated carbocycles. The first-order valence-corrected chi connectivity index (χ1v) is 4.67. The molecule has 0 radical (unpaired) electrons. The van der Waals surface area contributed by atoms with E-state index in [4.69, 9.17) is 0 Å². The molecule has 0 aliphatic rings. The molecular weight excluding hydrogens is 445 g/mol. The Hall–Kier alpha value is 1.31.